The summed E-state index contributed by atoms with van der Waals surface area (Å²) in [6.45, 7) is 1.88. The van der Waals surface area contributed by atoms with Crippen molar-refractivity contribution in [3.8, 4) is 17.6 Å². The highest BCUT2D eigenvalue weighted by atomic mass is 35.5. The lowest BCUT2D eigenvalue weighted by Gasteiger charge is -2.09. The third-order valence-corrected chi connectivity index (χ3v) is 3.32. The third kappa shape index (κ3) is 4.22. The van der Waals surface area contributed by atoms with Gasteiger partial charge >= 0.3 is 0 Å². The Bertz CT molecular complexity index is 702. The van der Waals surface area contributed by atoms with E-state index in [9.17, 15) is 4.39 Å². The minimum atomic E-state index is -0.372. The van der Waals surface area contributed by atoms with E-state index in [0.29, 0.717) is 16.3 Å². The molecule has 2 aromatic rings. The van der Waals surface area contributed by atoms with Crippen molar-refractivity contribution >= 4 is 11.6 Å². The Morgan fingerprint density at radius 1 is 1.24 bits per heavy atom. The predicted octanol–water partition coefficient (Wildman–Crippen LogP) is 3.71. The maximum atomic E-state index is 13.2. The lowest BCUT2D eigenvalue weighted by molar-refractivity contribution is 0.305. The molecule has 0 radical (unpaired) electrons. The van der Waals surface area contributed by atoms with Gasteiger partial charge in [0.05, 0.1) is 0 Å². The second-order valence-corrected chi connectivity index (χ2v) is 4.87. The molecule has 4 heteroatoms. The summed E-state index contributed by atoms with van der Waals surface area (Å²) in [5, 5.41) is 9.42. The van der Waals surface area contributed by atoms with E-state index in [-0.39, 0.29) is 19.0 Å². The lowest BCUT2D eigenvalue weighted by atomic mass is 10.1. The van der Waals surface area contributed by atoms with Crippen LogP contribution in [-0.4, -0.2) is 11.7 Å². The van der Waals surface area contributed by atoms with E-state index < -0.39 is 0 Å². The molecule has 0 aliphatic heterocycles. The third-order valence-electron chi connectivity index (χ3n) is 2.90. The van der Waals surface area contributed by atoms with Gasteiger partial charge < -0.3 is 9.84 Å². The summed E-state index contributed by atoms with van der Waals surface area (Å²) >= 11 is 5.96. The fourth-order valence-electron chi connectivity index (χ4n) is 1.79. The van der Waals surface area contributed by atoms with Gasteiger partial charge in [-0.25, -0.2) is 4.39 Å². The van der Waals surface area contributed by atoms with Crippen LogP contribution in [0.1, 0.15) is 16.7 Å². The standard InChI is InChI=1S/C17H14ClFO2/c1-12-9-16(6-7-17(12)18)21-11-14-4-5-15(19)10-13(14)3-2-8-20/h4-7,9-10,20H,8,11H2,1H3. The molecule has 0 saturated carbocycles. The van der Waals surface area contributed by atoms with Gasteiger partial charge in [0.25, 0.3) is 0 Å². The van der Waals surface area contributed by atoms with Crippen molar-refractivity contribution in [2.75, 3.05) is 6.61 Å². The van der Waals surface area contributed by atoms with E-state index in [4.69, 9.17) is 21.4 Å². The summed E-state index contributed by atoms with van der Waals surface area (Å²) in [7, 11) is 0. The Kier molecular flexibility index (Phi) is 5.21. The predicted molar refractivity (Wildman–Crippen MR) is 80.9 cm³/mol. The molecule has 2 nitrogen and oxygen atoms in total. The smallest absolute Gasteiger partial charge is 0.124 e. The summed E-state index contributed by atoms with van der Waals surface area (Å²) in [4.78, 5) is 0. The van der Waals surface area contributed by atoms with Crippen molar-refractivity contribution in [1.82, 2.24) is 0 Å². The number of rotatable bonds is 3. The number of ether oxygens (including phenoxy) is 1. The Hall–Kier alpha value is -2.02. The molecular weight excluding hydrogens is 291 g/mol. The molecule has 0 aliphatic carbocycles. The van der Waals surface area contributed by atoms with E-state index >= 15 is 0 Å². The Morgan fingerprint density at radius 3 is 2.76 bits per heavy atom. The summed E-state index contributed by atoms with van der Waals surface area (Å²) in [6.07, 6.45) is 0. The van der Waals surface area contributed by atoms with Gasteiger partial charge in [-0.1, -0.05) is 29.5 Å². The van der Waals surface area contributed by atoms with Crippen LogP contribution in [0.2, 0.25) is 5.02 Å². The number of halogens is 2. The average molecular weight is 305 g/mol. The lowest BCUT2D eigenvalue weighted by Crippen LogP contribution is -1.99. The van der Waals surface area contributed by atoms with Crippen molar-refractivity contribution in [1.29, 1.82) is 0 Å². The molecule has 0 aliphatic rings. The summed E-state index contributed by atoms with van der Waals surface area (Å²) < 4.78 is 18.9. The average Bonchev–Trinajstić information content (AvgIpc) is 2.47. The number of hydrogen-bond acceptors (Lipinski definition) is 2. The SMILES string of the molecule is Cc1cc(OCc2ccc(F)cc2C#CCO)ccc1Cl. The van der Waals surface area contributed by atoms with Crippen LogP contribution in [0.15, 0.2) is 36.4 Å². The topological polar surface area (TPSA) is 29.5 Å². The minimum Gasteiger partial charge on any atom is -0.489 e. The number of benzene rings is 2. The molecule has 0 bridgehead atoms. The normalized spacial score (nSPS) is 9.90. The minimum absolute atomic E-state index is 0.261. The molecule has 0 atom stereocenters. The second-order valence-electron chi connectivity index (χ2n) is 4.46. The highest BCUT2D eigenvalue weighted by Gasteiger charge is 2.04. The van der Waals surface area contributed by atoms with Crippen molar-refractivity contribution in [2.24, 2.45) is 0 Å². The number of aliphatic hydroxyl groups excluding tert-OH is 1. The highest BCUT2D eigenvalue weighted by Crippen LogP contribution is 2.22. The van der Waals surface area contributed by atoms with Crippen LogP contribution in [0.3, 0.4) is 0 Å². The maximum Gasteiger partial charge on any atom is 0.124 e. The molecular formula is C17H14ClFO2. The van der Waals surface area contributed by atoms with Gasteiger partial charge in [-0.2, -0.15) is 0 Å². The molecule has 0 spiro atoms. The van der Waals surface area contributed by atoms with Crippen LogP contribution < -0.4 is 4.74 Å². The van der Waals surface area contributed by atoms with E-state index in [1.54, 1.807) is 18.2 Å². The Balaban J connectivity index is 2.17. The molecule has 0 heterocycles. The van der Waals surface area contributed by atoms with Crippen LogP contribution in [-0.2, 0) is 6.61 Å². The van der Waals surface area contributed by atoms with Crippen LogP contribution in [0.5, 0.6) is 5.75 Å². The molecule has 0 unspecified atom stereocenters. The van der Waals surface area contributed by atoms with Gasteiger partial charge in [0.2, 0.25) is 0 Å². The van der Waals surface area contributed by atoms with Gasteiger partial charge in [0.15, 0.2) is 0 Å². The Morgan fingerprint density at radius 2 is 2.05 bits per heavy atom. The second kappa shape index (κ2) is 7.12. The quantitative estimate of drug-likeness (QED) is 0.876. The van der Waals surface area contributed by atoms with Gasteiger partial charge in [-0.15, -0.1) is 0 Å². The summed E-state index contributed by atoms with van der Waals surface area (Å²) in [5.41, 5.74) is 2.19. The van der Waals surface area contributed by atoms with Crippen LogP contribution in [0, 0.1) is 24.6 Å². The number of aryl methyl sites for hydroxylation is 1. The number of hydrogen-bond donors (Lipinski definition) is 1. The van der Waals surface area contributed by atoms with Crippen LogP contribution in [0.25, 0.3) is 0 Å². The van der Waals surface area contributed by atoms with Crippen LogP contribution >= 0.6 is 11.6 Å². The monoisotopic (exact) mass is 304 g/mol. The molecule has 108 valence electrons. The van der Waals surface area contributed by atoms with Crippen molar-refractivity contribution in [3.05, 3.63) is 63.9 Å². The molecule has 21 heavy (non-hydrogen) atoms. The largest absolute Gasteiger partial charge is 0.489 e. The number of aliphatic hydroxyl groups is 1. The first-order chi connectivity index (χ1) is 10.1. The summed E-state index contributed by atoms with van der Waals surface area (Å²) in [5.74, 6) is 5.54. The molecule has 1 N–H and O–H groups in total. The summed E-state index contributed by atoms with van der Waals surface area (Å²) in [6, 6.07) is 9.69. The molecule has 0 fully saturated rings. The molecule has 0 aromatic heterocycles. The molecule has 2 aromatic carbocycles. The van der Waals surface area contributed by atoms with Crippen molar-refractivity contribution in [2.45, 2.75) is 13.5 Å². The molecule has 0 saturated heterocycles. The zero-order chi connectivity index (χ0) is 15.2. The zero-order valence-corrected chi connectivity index (χ0v) is 12.2. The maximum absolute atomic E-state index is 13.2. The first kappa shape index (κ1) is 15.4. The fourth-order valence-corrected chi connectivity index (χ4v) is 1.91. The molecule has 2 rings (SSSR count). The first-order valence-electron chi connectivity index (χ1n) is 6.37. The van der Waals surface area contributed by atoms with Gasteiger partial charge in [-0.05, 0) is 42.8 Å². The van der Waals surface area contributed by atoms with Gasteiger partial charge in [-0.3, -0.25) is 0 Å². The van der Waals surface area contributed by atoms with E-state index in [1.165, 1.54) is 12.1 Å². The van der Waals surface area contributed by atoms with E-state index in [1.807, 2.05) is 13.0 Å². The molecule has 0 amide bonds. The van der Waals surface area contributed by atoms with Crippen molar-refractivity contribution in [3.63, 3.8) is 0 Å². The van der Waals surface area contributed by atoms with Crippen LogP contribution in [0.4, 0.5) is 4.39 Å². The zero-order valence-electron chi connectivity index (χ0n) is 11.5. The highest BCUT2D eigenvalue weighted by molar-refractivity contribution is 6.31. The van der Waals surface area contributed by atoms with E-state index in [0.717, 1.165) is 11.1 Å². The van der Waals surface area contributed by atoms with E-state index in [2.05, 4.69) is 11.8 Å². The van der Waals surface area contributed by atoms with Crippen molar-refractivity contribution < 1.29 is 14.2 Å². The van der Waals surface area contributed by atoms with Gasteiger partial charge in [0.1, 0.15) is 24.8 Å². The Labute approximate surface area is 128 Å². The first-order valence-corrected chi connectivity index (χ1v) is 6.75. The fraction of sp³-hybridized carbons (Fsp3) is 0.176. The van der Waals surface area contributed by atoms with Gasteiger partial charge in [0, 0.05) is 16.1 Å².